The third-order valence-corrected chi connectivity index (χ3v) is 5.83. The van der Waals surface area contributed by atoms with Gasteiger partial charge in [-0.05, 0) is 43.3 Å². The zero-order valence-electron chi connectivity index (χ0n) is 12.4. The van der Waals surface area contributed by atoms with E-state index in [0.29, 0.717) is 10.7 Å². The van der Waals surface area contributed by atoms with Gasteiger partial charge in [-0.15, -0.1) is 0 Å². The second-order valence-electron chi connectivity index (χ2n) is 4.56. The number of rotatable bonds is 5. The summed E-state index contributed by atoms with van der Waals surface area (Å²) in [5.41, 5.74) is 0.345. The molecule has 0 aromatic heterocycles. The molecule has 23 heavy (non-hydrogen) atoms. The molecule has 0 bridgehead atoms. The molecule has 0 atom stereocenters. The molecular weight excluding hydrogens is 364 g/mol. The van der Waals surface area contributed by atoms with Crippen molar-refractivity contribution in [3.8, 4) is 5.75 Å². The van der Waals surface area contributed by atoms with Crippen LogP contribution in [-0.4, -0.2) is 22.1 Å². The molecule has 0 amide bonds. The Morgan fingerprint density at radius 2 is 1.83 bits per heavy atom. The summed E-state index contributed by atoms with van der Waals surface area (Å²) in [6, 6.07) is 7.97. The number of hydrogen-bond donors (Lipinski definition) is 0. The predicted molar refractivity (Wildman–Crippen MR) is 89.6 cm³/mol. The van der Waals surface area contributed by atoms with Crippen LogP contribution in [0.4, 0.5) is 10.1 Å². The number of benzene rings is 2. The van der Waals surface area contributed by atoms with Crippen LogP contribution >= 0.6 is 23.2 Å². The summed E-state index contributed by atoms with van der Waals surface area (Å²) < 4.78 is 45.2. The van der Waals surface area contributed by atoms with Gasteiger partial charge in [-0.25, -0.2) is 12.8 Å². The summed E-state index contributed by atoms with van der Waals surface area (Å²) in [6.45, 7) is 1.81. The molecule has 0 heterocycles. The van der Waals surface area contributed by atoms with E-state index in [2.05, 4.69) is 0 Å². The zero-order chi connectivity index (χ0) is 17.2. The molecule has 0 aliphatic rings. The van der Waals surface area contributed by atoms with Crippen LogP contribution < -0.4 is 9.04 Å². The molecule has 0 fully saturated rings. The zero-order valence-corrected chi connectivity index (χ0v) is 14.7. The van der Waals surface area contributed by atoms with Gasteiger partial charge >= 0.3 is 0 Å². The van der Waals surface area contributed by atoms with Gasteiger partial charge in [0, 0.05) is 6.54 Å². The number of halogens is 3. The largest absolute Gasteiger partial charge is 0.494 e. The predicted octanol–water partition coefficient (Wildman–Crippen LogP) is 4.36. The lowest BCUT2D eigenvalue weighted by Gasteiger charge is -2.23. The molecule has 0 aliphatic carbocycles. The smallest absolute Gasteiger partial charge is 0.264 e. The van der Waals surface area contributed by atoms with Gasteiger partial charge in [0.2, 0.25) is 0 Å². The second kappa shape index (κ2) is 6.95. The van der Waals surface area contributed by atoms with Crippen molar-refractivity contribution in [3.63, 3.8) is 0 Å². The summed E-state index contributed by atoms with van der Waals surface area (Å²) in [7, 11) is -2.64. The van der Waals surface area contributed by atoms with Gasteiger partial charge in [0.15, 0.2) is 11.6 Å². The fourth-order valence-corrected chi connectivity index (χ4v) is 3.84. The monoisotopic (exact) mass is 377 g/mol. The summed E-state index contributed by atoms with van der Waals surface area (Å²) in [6.07, 6.45) is 0. The summed E-state index contributed by atoms with van der Waals surface area (Å²) in [5.74, 6) is -0.777. The Labute approximate surface area is 144 Å². The fourth-order valence-electron chi connectivity index (χ4n) is 2.07. The first-order chi connectivity index (χ1) is 10.8. The van der Waals surface area contributed by atoms with Crippen LogP contribution in [0, 0.1) is 5.82 Å². The topological polar surface area (TPSA) is 46.6 Å². The third-order valence-electron chi connectivity index (χ3n) is 3.19. The van der Waals surface area contributed by atoms with Crippen molar-refractivity contribution >= 4 is 38.9 Å². The van der Waals surface area contributed by atoms with Crippen molar-refractivity contribution in [1.29, 1.82) is 0 Å². The van der Waals surface area contributed by atoms with Gasteiger partial charge in [-0.3, -0.25) is 4.31 Å². The maximum Gasteiger partial charge on any atom is 0.264 e. The van der Waals surface area contributed by atoms with Crippen LogP contribution in [0.3, 0.4) is 0 Å². The summed E-state index contributed by atoms with van der Waals surface area (Å²) >= 11 is 11.8. The first-order valence-electron chi connectivity index (χ1n) is 6.62. The molecule has 2 aromatic carbocycles. The van der Waals surface area contributed by atoms with E-state index in [9.17, 15) is 12.8 Å². The molecule has 0 aliphatic heterocycles. The van der Waals surface area contributed by atoms with Gasteiger partial charge in [0.1, 0.15) is 0 Å². The Hall–Kier alpha value is -1.50. The molecule has 0 unspecified atom stereocenters. The molecule has 0 N–H and O–H groups in total. The van der Waals surface area contributed by atoms with Crippen molar-refractivity contribution < 1.29 is 17.5 Å². The Kier molecular flexibility index (Phi) is 5.39. The van der Waals surface area contributed by atoms with Crippen LogP contribution in [0.25, 0.3) is 0 Å². The second-order valence-corrected chi connectivity index (χ2v) is 7.24. The van der Waals surface area contributed by atoms with E-state index in [0.717, 1.165) is 10.4 Å². The van der Waals surface area contributed by atoms with Crippen LogP contribution in [-0.2, 0) is 10.0 Å². The molecule has 0 saturated carbocycles. The lowest BCUT2D eigenvalue weighted by Crippen LogP contribution is -2.30. The molecule has 2 aromatic rings. The van der Waals surface area contributed by atoms with Crippen LogP contribution in [0.1, 0.15) is 6.92 Å². The molecule has 8 heteroatoms. The molecule has 2 rings (SSSR count). The van der Waals surface area contributed by atoms with Gasteiger partial charge in [-0.2, -0.15) is 0 Å². The van der Waals surface area contributed by atoms with E-state index in [1.165, 1.54) is 37.4 Å². The first kappa shape index (κ1) is 17.8. The number of ether oxygens (including phenoxy) is 1. The minimum absolute atomic E-state index is 0.0264. The molecule has 124 valence electrons. The van der Waals surface area contributed by atoms with Crippen molar-refractivity contribution in [1.82, 2.24) is 0 Å². The Bertz CT molecular complexity index is 827. The first-order valence-corrected chi connectivity index (χ1v) is 8.82. The highest BCUT2D eigenvalue weighted by Crippen LogP contribution is 2.31. The van der Waals surface area contributed by atoms with Crippen molar-refractivity contribution in [2.24, 2.45) is 0 Å². The number of methoxy groups -OCH3 is 1. The Morgan fingerprint density at radius 3 is 2.35 bits per heavy atom. The van der Waals surface area contributed by atoms with Gasteiger partial charge in [0.05, 0.1) is 27.7 Å². The van der Waals surface area contributed by atoms with Gasteiger partial charge in [0.25, 0.3) is 10.0 Å². The maximum atomic E-state index is 13.8. The number of anilines is 1. The number of nitrogens with zero attached hydrogens (tertiary/aromatic N) is 1. The van der Waals surface area contributed by atoms with E-state index in [1.54, 1.807) is 6.92 Å². The molecule has 0 spiro atoms. The summed E-state index contributed by atoms with van der Waals surface area (Å²) in [5, 5.41) is 0.554. The van der Waals surface area contributed by atoms with Crippen LogP contribution in [0.15, 0.2) is 41.3 Å². The van der Waals surface area contributed by atoms with E-state index >= 15 is 0 Å². The normalized spacial score (nSPS) is 11.3. The van der Waals surface area contributed by atoms with Gasteiger partial charge in [-0.1, -0.05) is 23.2 Å². The lowest BCUT2D eigenvalue weighted by molar-refractivity contribution is 0.385. The molecule has 4 nitrogen and oxygen atoms in total. The van der Waals surface area contributed by atoms with Crippen LogP contribution in [0.5, 0.6) is 5.75 Å². The minimum atomic E-state index is -3.95. The van der Waals surface area contributed by atoms with Crippen molar-refractivity contribution in [2.45, 2.75) is 11.8 Å². The highest BCUT2D eigenvalue weighted by atomic mass is 35.5. The van der Waals surface area contributed by atoms with E-state index in [1.807, 2.05) is 0 Å². The van der Waals surface area contributed by atoms with E-state index in [-0.39, 0.29) is 22.2 Å². The van der Waals surface area contributed by atoms with Crippen molar-refractivity contribution in [2.75, 3.05) is 18.0 Å². The quantitative estimate of drug-likeness (QED) is 0.777. The molecular formula is C15H14Cl2FNO3S. The average Bonchev–Trinajstić information content (AvgIpc) is 2.51. The van der Waals surface area contributed by atoms with E-state index < -0.39 is 15.8 Å². The highest BCUT2D eigenvalue weighted by Gasteiger charge is 2.25. The minimum Gasteiger partial charge on any atom is -0.494 e. The Morgan fingerprint density at radius 1 is 1.13 bits per heavy atom. The maximum absolute atomic E-state index is 13.8. The Balaban J connectivity index is 2.50. The molecule has 0 saturated heterocycles. The average molecular weight is 378 g/mol. The fraction of sp³-hybridized carbons (Fsp3) is 0.200. The summed E-state index contributed by atoms with van der Waals surface area (Å²) in [4.78, 5) is -0.177. The van der Waals surface area contributed by atoms with Gasteiger partial charge < -0.3 is 4.74 Å². The van der Waals surface area contributed by atoms with Crippen LogP contribution in [0.2, 0.25) is 10.0 Å². The number of hydrogen-bond acceptors (Lipinski definition) is 3. The SMILES string of the molecule is CCN(c1ccc(Cl)c(Cl)c1)S(=O)(=O)c1ccc(OC)c(F)c1. The number of sulfonamides is 1. The van der Waals surface area contributed by atoms with Crippen molar-refractivity contribution in [3.05, 3.63) is 52.3 Å². The lowest BCUT2D eigenvalue weighted by atomic mass is 10.3. The van der Waals surface area contributed by atoms with E-state index in [4.69, 9.17) is 27.9 Å². The molecule has 0 radical (unpaired) electrons. The highest BCUT2D eigenvalue weighted by molar-refractivity contribution is 7.92. The standard InChI is InChI=1S/C15H14Cl2FNO3S/c1-3-19(10-4-6-12(16)13(17)8-10)23(20,21)11-5-7-15(22-2)14(18)9-11/h4-9H,3H2,1-2H3. The third kappa shape index (κ3) is 3.54.